The van der Waals surface area contributed by atoms with E-state index in [9.17, 15) is 0 Å². The molecule has 2 aromatic heterocycles. The van der Waals surface area contributed by atoms with Gasteiger partial charge >= 0.3 is 0 Å². The van der Waals surface area contributed by atoms with Crippen LogP contribution in [0.5, 0.6) is 11.5 Å². The van der Waals surface area contributed by atoms with Crippen molar-refractivity contribution in [3.05, 3.63) is 47.2 Å². The molecule has 0 aliphatic rings. The van der Waals surface area contributed by atoms with Gasteiger partial charge in [-0.15, -0.1) is 11.3 Å². The van der Waals surface area contributed by atoms with E-state index in [0.717, 1.165) is 16.2 Å². The van der Waals surface area contributed by atoms with Crippen molar-refractivity contribution in [2.24, 2.45) is 5.73 Å². The number of methoxy groups -OCH3 is 1. The zero-order valence-electron chi connectivity index (χ0n) is 11.1. The highest BCUT2D eigenvalue weighted by atomic mass is 32.1. The molecule has 0 radical (unpaired) electrons. The lowest BCUT2D eigenvalue weighted by atomic mass is 10.2. The van der Waals surface area contributed by atoms with Crippen LogP contribution < -0.4 is 15.2 Å². The van der Waals surface area contributed by atoms with Crippen LogP contribution in [0, 0.1) is 0 Å². The maximum absolute atomic E-state index is 5.78. The second-order valence-electron chi connectivity index (χ2n) is 4.30. The van der Waals surface area contributed by atoms with Crippen LogP contribution in [0.4, 0.5) is 0 Å². The minimum Gasteiger partial charge on any atom is -0.493 e. The number of nitrogens with zero attached hydrogens (tertiary/aromatic N) is 2. The van der Waals surface area contributed by atoms with Crippen LogP contribution in [0.2, 0.25) is 0 Å². The van der Waals surface area contributed by atoms with Crippen LogP contribution in [0.25, 0.3) is 4.96 Å². The Morgan fingerprint density at radius 2 is 2.25 bits per heavy atom. The lowest BCUT2D eigenvalue weighted by Crippen LogP contribution is -2.00. The third kappa shape index (κ3) is 2.48. The molecule has 3 rings (SSSR count). The van der Waals surface area contributed by atoms with Crippen molar-refractivity contribution in [3.63, 3.8) is 0 Å². The van der Waals surface area contributed by atoms with E-state index >= 15 is 0 Å². The highest BCUT2D eigenvalue weighted by Crippen LogP contribution is 2.28. The summed E-state index contributed by atoms with van der Waals surface area (Å²) in [6.45, 7) is 0.890. The van der Waals surface area contributed by atoms with Gasteiger partial charge in [-0.2, -0.15) is 0 Å². The summed E-state index contributed by atoms with van der Waals surface area (Å²) in [5.74, 6) is 1.38. The first-order valence-corrected chi connectivity index (χ1v) is 7.09. The van der Waals surface area contributed by atoms with Crippen molar-refractivity contribution >= 4 is 16.3 Å². The summed E-state index contributed by atoms with van der Waals surface area (Å²) in [5.41, 5.74) is 7.51. The fourth-order valence-electron chi connectivity index (χ4n) is 1.96. The third-order valence-corrected chi connectivity index (χ3v) is 3.75. The van der Waals surface area contributed by atoms with Gasteiger partial charge in [0.05, 0.1) is 12.8 Å². The molecule has 0 amide bonds. The summed E-state index contributed by atoms with van der Waals surface area (Å²) in [5, 5.41) is 2.00. The Morgan fingerprint density at radius 3 is 3.00 bits per heavy atom. The van der Waals surface area contributed by atoms with E-state index in [0.29, 0.717) is 24.7 Å². The number of ether oxygens (including phenoxy) is 2. The quantitative estimate of drug-likeness (QED) is 0.783. The van der Waals surface area contributed by atoms with Crippen molar-refractivity contribution in [1.29, 1.82) is 0 Å². The molecule has 2 heterocycles. The predicted octanol–water partition coefficient (Wildman–Crippen LogP) is 2.44. The summed E-state index contributed by atoms with van der Waals surface area (Å²) in [6.07, 6.45) is 3.94. The van der Waals surface area contributed by atoms with Gasteiger partial charge < -0.3 is 15.2 Å². The molecule has 2 N–H and O–H groups in total. The first-order valence-electron chi connectivity index (χ1n) is 6.21. The van der Waals surface area contributed by atoms with Gasteiger partial charge in [-0.05, 0) is 17.7 Å². The molecule has 0 aliphatic heterocycles. The third-order valence-electron chi connectivity index (χ3n) is 2.98. The number of thiazole rings is 1. The lowest BCUT2D eigenvalue weighted by molar-refractivity contribution is 0.281. The smallest absolute Gasteiger partial charge is 0.193 e. The Balaban J connectivity index is 1.75. The topological polar surface area (TPSA) is 61.8 Å². The average molecular weight is 289 g/mol. The van der Waals surface area contributed by atoms with Crippen molar-refractivity contribution in [2.45, 2.75) is 13.2 Å². The van der Waals surface area contributed by atoms with Gasteiger partial charge in [-0.25, -0.2) is 4.98 Å². The van der Waals surface area contributed by atoms with Gasteiger partial charge in [0.25, 0.3) is 0 Å². The first kappa shape index (κ1) is 13.0. The van der Waals surface area contributed by atoms with E-state index in [-0.39, 0.29) is 0 Å². The van der Waals surface area contributed by atoms with Gasteiger partial charge in [-0.1, -0.05) is 6.07 Å². The Kier molecular flexibility index (Phi) is 3.58. The van der Waals surface area contributed by atoms with Crippen LogP contribution in [0.1, 0.15) is 11.3 Å². The predicted molar refractivity (Wildman–Crippen MR) is 78.3 cm³/mol. The van der Waals surface area contributed by atoms with Crippen LogP contribution in [0.3, 0.4) is 0 Å². The monoisotopic (exact) mass is 289 g/mol. The number of hydrogen-bond acceptors (Lipinski definition) is 5. The van der Waals surface area contributed by atoms with E-state index in [2.05, 4.69) is 4.98 Å². The summed E-state index contributed by atoms with van der Waals surface area (Å²) >= 11 is 1.60. The van der Waals surface area contributed by atoms with Crippen LogP contribution in [-0.2, 0) is 13.2 Å². The number of rotatable bonds is 5. The average Bonchev–Trinajstić information content (AvgIpc) is 3.05. The molecule has 3 aromatic rings. The second-order valence-corrected chi connectivity index (χ2v) is 5.18. The summed E-state index contributed by atoms with van der Waals surface area (Å²) < 4.78 is 13.1. The van der Waals surface area contributed by atoms with Crippen molar-refractivity contribution in [2.75, 3.05) is 7.11 Å². The molecule has 0 spiro atoms. The Morgan fingerprint density at radius 1 is 1.35 bits per heavy atom. The van der Waals surface area contributed by atoms with Crippen LogP contribution in [-0.4, -0.2) is 16.5 Å². The Labute approximate surface area is 120 Å². The minimum atomic E-state index is 0.409. The van der Waals surface area contributed by atoms with Crippen molar-refractivity contribution in [3.8, 4) is 11.5 Å². The van der Waals surface area contributed by atoms with E-state index in [1.54, 1.807) is 18.4 Å². The first-order chi connectivity index (χ1) is 9.80. The fraction of sp³-hybridized carbons (Fsp3) is 0.214. The fourth-order valence-corrected chi connectivity index (χ4v) is 2.67. The van der Waals surface area contributed by atoms with Gasteiger partial charge in [0.15, 0.2) is 16.5 Å². The van der Waals surface area contributed by atoms with E-state index in [1.807, 2.05) is 40.4 Å². The number of nitrogens with two attached hydrogens (primary N) is 1. The van der Waals surface area contributed by atoms with Gasteiger partial charge in [0, 0.05) is 24.3 Å². The minimum absolute atomic E-state index is 0.409. The molecule has 0 bridgehead atoms. The number of benzene rings is 1. The molecule has 0 unspecified atom stereocenters. The molecule has 0 saturated carbocycles. The zero-order valence-corrected chi connectivity index (χ0v) is 11.9. The number of fused-ring (bicyclic) bond motifs is 1. The second kappa shape index (κ2) is 5.52. The normalized spacial score (nSPS) is 10.9. The summed E-state index contributed by atoms with van der Waals surface area (Å²) in [4.78, 5) is 5.44. The van der Waals surface area contributed by atoms with Gasteiger partial charge in [-0.3, -0.25) is 4.40 Å². The SMILES string of the molecule is COc1cc(CN)ccc1OCc1cn2ccsc2n1. The molecule has 0 atom stereocenters. The largest absolute Gasteiger partial charge is 0.493 e. The Bertz CT molecular complexity index is 692. The maximum Gasteiger partial charge on any atom is 0.193 e. The molecule has 1 aromatic carbocycles. The molecule has 0 fully saturated rings. The maximum atomic E-state index is 5.78. The van der Waals surface area contributed by atoms with E-state index < -0.39 is 0 Å². The van der Waals surface area contributed by atoms with E-state index in [4.69, 9.17) is 15.2 Å². The number of aromatic nitrogens is 2. The van der Waals surface area contributed by atoms with Gasteiger partial charge in [0.2, 0.25) is 0 Å². The standard InChI is InChI=1S/C14H15N3O2S/c1-18-13-6-10(7-15)2-3-12(13)19-9-11-8-17-4-5-20-14(17)16-11/h2-6,8H,7,9,15H2,1H3. The van der Waals surface area contributed by atoms with Crippen LogP contribution >= 0.6 is 11.3 Å². The summed E-state index contributed by atoms with van der Waals surface area (Å²) in [6, 6.07) is 5.70. The molecule has 0 aliphatic carbocycles. The number of imidazole rings is 1. The highest BCUT2D eigenvalue weighted by Gasteiger charge is 2.08. The van der Waals surface area contributed by atoms with Crippen LogP contribution in [0.15, 0.2) is 36.0 Å². The van der Waals surface area contributed by atoms with Gasteiger partial charge in [0.1, 0.15) is 6.61 Å². The highest BCUT2D eigenvalue weighted by molar-refractivity contribution is 7.15. The Hall–Kier alpha value is -2.05. The molecular formula is C14H15N3O2S. The lowest BCUT2D eigenvalue weighted by Gasteiger charge is -2.10. The number of hydrogen-bond donors (Lipinski definition) is 1. The molecule has 0 saturated heterocycles. The molecule has 6 heteroatoms. The molecule has 20 heavy (non-hydrogen) atoms. The van der Waals surface area contributed by atoms with Crippen molar-refractivity contribution < 1.29 is 9.47 Å². The zero-order chi connectivity index (χ0) is 13.9. The molecular weight excluding hydrogens is 274 g/mol. The van der Waals surface area contributed by atoms with Crippen molar-refractivity contribution in [1.82, 2.24) is 9.38 Å². The molecule has 5 nitrogen and oxygen atoms in total. The molecule has 104 valence electrons. The summed E-state index contributed by atoms with van der Waals surface area (Å²) in [7, 11) is 1.62. The van der Waals surface area contributed by atoms with E-state index in [1.165, 1.54) is 0 Å².